The summed E-state index contributed by atoms with van der Waals surface area (Å²) in [4.78, 5) is 9.72. The molecule has 0 unspecified atom stereocenters. The van der Waals surface area contributed by atoms with Gasteiger partial charge in [0.15, 0.2) is 0 Å². The van der Waals surface area contributed by atoms with E-state index in [0.717, 1.165) is 0 Å². The summed E-state index contributed by atoms with van der Waals surface area (Å²) < 4.78 is 0. The van der Waals surface area contributed by atoms with E-state index in [2.05, 4.69) is 26.5 Å². The molecule has 0 aliphatic carbocycles. The molecule has 0 aromatic carbocycles. The highest BCUT2D eigenvalue weighted by Gasteiger charge is 1.91. The van der Waals surface area contributed by atoms with E-state index < -0.39 is 5.97 Å². The summed E-state index contributed by atoms with van der Waals surface area (Å²) in [6.45, 7) is 4.46. The number of thiol groups is 1. The van der Waals surface area contributed by atoms with Crippen LogP contribution in [0.5, 0.6) is 0 Å². The van der Waals surface area contributed by atoms with Crippen molar-refractivity contribution in [1.82, 2.24) is 0 Å². The van der Waals surface area contributed by atoms with Crippen molar-refractivity contribution >= 4 is 18.6 Å². The van der Waals surface area contributed by atoms with E-state index in [1.165, 1.54) is 25.7 Å². The first kappa shape index (κ1) is 15.3. The van der Waals surface area contributed by atoms with Gasteiger partial charge in [-0.2, -0.15) is 12.6 Å². The highest BCUT2D eigenvalue weighted by atomic mass is 32.1. The Bertz CT molecular complexity index is 101. The molecule has 0 aliphatic heterocycles. The van der Waals surface area contributed by atoms with Crippen molar-refractivity contribution in [2.75, 3.05) is 5.75 Å². The van der Waals surface area contributed by atoms with Crippen LogP contribution in [0.3, 0.4) is 0 Å². The molecule has 3 heteroatoms. The number of carboxylic acids is 1. The molecule has 0 aliphatic rings. The van der Waals surface area contributed by atoms with Crippen molar-refractivity contribution in [3.05, 3.63) is 0 Å². The van der Waals surface area contributed by atoms with E-state index in [1.807, 2.05) is 0 Å². The first-order valence-electron chi connectivity index (χ1n) is 5.01. The third kappa shape index (κ3) is 24.5. The van der Waals surface area contributed by atoms with Gasteiger partial charge in [-0.15, -0.1) is 0 Å². The van der Waals surface area contributed by atoms with Crippen molar-refractivity contribution in [3.63, 3.8) is 0 Å². The number of unbranched alkanes of at least 4 members (excludes halogenated alkanes) is 3. The molecule has 13 heavy (non-hydrogen) atoms. The van der Waals surface area contributed by atoms with E-state index in [-0.39, 0.29) is 6.42 Å². The average Bonchev–Trinajstić information content (AvgIpc) is 2.12. The van der Waals surface area contributed by atoms with Crippen molar-refractivity contribution in [2.24, 2.45) is 0 Å². The summed E-state index contributed by atoms with van der Waals surface area (Å²) in [5.41, 5.74) is 0. The fraction of sp³-hybridized carbons (Fsp3) is 0.900. The second kappa shape index (κ2) is 14.3. The predicted octanol–water partition coefficient (Wildman–Crippen LogP) is 3.37. The molecule has 0 aromatic rings. The Morgan fingerprint density at radius 3 is 1.77 bits per heavy atom. The standard InChI is InChI=1S/C6H14.C4H8O2S/c1-3-5-6-4-2;5-4(6)2-1-3-7/h3-6H2,1-2H3;7H,1-3H2,(H,5,6). The van der Waals surface area contributed by atoms with Gasteiger partial charge in [-0.25, -0.2) is 0 Å². The highest BCUT2D eigenvalue weighted by molar-refractivity contribution is 7.80. The molecule has 0 heterocycles. The van der Waals surface area contributed by atoms with Crippen molar-refractivity contribution < 1.29 is 9.90 Å². The van der Waals surface area contributed by atoms with Crippen LogP contribution in [0.2, 0.25) is 0 Å². The number of aliphatic carboxylic acids is 1. The molecule has 0 atom stereocenters. The Labute approximate surface area is 87.1 Å². The zero-order valence-electron chi connectivity index (χ0n) is 8.75. The van der Waals surface area contributed by atoms with Crippen LogP contribution in [-0.2, 0) is 4.79 Å². The number of carboxylic acid groups (broad SMARTS) is 1. The lowest BCUT2D eigenvalue weighted by atomic mass is 10.2. The molecule has 0 aromatic heterocycles. The largest absolute Gasteiger partial charge is 0.481 e. The normalized spacial score (nSPS) is 8.85. The minimum atomic E-state index is -0.742. The molecule has 0 saturated heterocycles. The summed E-state index contributed by atoms with van der Waals surface area (Å²) >= 11 is 3.83. The Morgan fingerprint density at radius 2 is 1.62 bits per heavy atom. The third-order valence-electron chi connectivity index (χ3n) is 1.51. The first-order valence-corrected chi connectivity index (χ1v) is 5.64. The van der Waals surface area contributed by atoms with Crippen LogP contribution in [0.4, 0.5) is 0 Å². The number of carbonyl (C=O) groups is 1. The molecule has 0 bridgehead atoms. The van der Waals surface area contributed by atoms with Gasteiger partial charge in [0.05, 0.1) is 0 Å². The Kier molecular flexibility index (Phi) is 16.9. The molecule has 0 amide bonds. The molecule has 0 rings (SSSR count). The number of hydrogen-bond acceptors (Lipinski definition) is 2. The summed E-state index contributed by atoms with van der Waals surface area (Å²) in [6.07, 6.45) is 6.44. The van der Waals surface area contributed by atoms with Crippen LogP contribution in [-0.4, -0.2) is 16.8 Å². The van der Waals surface area contributed by atoms with Gasteiger partial charge in [0.25, 0.3) is 0 Å². The maximum Gasteiger partial charge on any atom is 0.303 e. The number of hydrogen-bond donors (Lipinski definition) is 2. The second-order valence-corrected chi connectivity index (χ2v) is 3.38. The minimum absolute atomic E-state index is 0.240. The van der Waals surface area contributed by atoms with Gasteiger partial charge in [0.2, 0.25) is 0 Å². The molecule has 0 radical (unpaired) electrons. The molecule has 0 saturated carbocycles. The lowest BCUT2D eigenvalue weighted by Crippen LogP contribution is -1.93. The summed E-state index contributed by atoms with van der Waals surface area (Å²) in [7, 11) is 0. The molecular formula is C10H22O2S. The van der Waals surface area contributed by atoms with Crippen LogP contribution in [0.1, 0.15) is 52.4 Å². The fourth-order valence-electron chi connectivity index (χ4n) is 0.730. The van der Waals surface area contributed by atoms with Crippen molar-refractivity contribution in [1.29, 1.82) is 0 Å². The third-order valence-corrected chi connectivity index (χ3v) is 1.82. The number of rotatable bonds is 6. The van der Waals surface area contributed by atoms with Gasteiger partial charge in [-0.1, -0.05) is 39.5 Å². The zero-order valence-corrected chi connectivity index (χ0v) is 9.65. The van der Waals surface area contributed by atoms with Crippen LogP contribution < -0.4 is 0 Å². The van der Waals surface area contributed by atoms with E-state index >= 15 is 0 Å². The van der Waals surface area contributed by atoms with Gasteiger partial charge < -0.3 is 5.11 Å². The van der Waals surface area contributed by atoms with E-state index in [0.29, 0.717) is 12.2 Å². The van der Waals surface area contributed by atoms with E-state index in [9.17, 15) is 4.79 Å². The lowest BCUT2D eigenvalue weighted by Gasteiger charge is -1.86. The van der Waals surface area contributed by atoms with Gasteiger partial charge >= 0.3 is 5.97 Å². The van der Waals surface area contributed by atoms with Crippen molar-refractivity contribution in [2.45, 2.75) is 52.4 Å². The van der Waals surface area contributed by atoms with Gasteiger partial charge in [-0.3, -0.25) is 4.79 Å². The van der Waals surface area contributed by atoms with Crippen LogP contribution in [0.15, 0.2) is 0 Å². The second-order valence-electron chi connectivity index (χ2n) is 2.93. The SMILES string of the molecule is CCCCCC.O=C(O)CCCS. The van der Waals surface area contributed by atoms with E-state index in [1.54, 1.807) is 0 Å². The minimum Gasteiger partial charge on any atom is -0.481 e. The Morgan fingerprint density at radius 1 is 1.15 bits per heavy atom. The quantitative estimate of drug-likeness (QED) is 0.516. The Balaban J connectivity index is 0. The Hall–Kier alpha value is -0.180. The van der Waals surface area contributed by atoms with Crippen LogP contribution >= 0.6 is 12.6 Å². The maximum absolute atomic E-state index is 9.72. The van der Waals surface area contributed by atoms with E-state index in [4.69, 9.17) is 5.11 Å². The average molecular weight is 206 g/mol. The van der Waals surface area contributed by atoms with Gasteiger partial charge in [0.1, 0.15) is 0 Å². The molecule has 1 N–H and O–H groups in total. The first-order chi connectivity index (χ1) is 6.18. The predicted molar refractivity (Wildman–Crippen MR) is 60.5 cm³/mol. The lowest BCUT2D eigenvalue weighted by molar-refractivity contribution is -0.137. The molecule has 2 nitrogen and oxygen atoms in total. The van der Waals surface area contributed by atoms with Crippen LogP contribution in [0.25, 0.3) is 0 Å². The summed E-state index contributed by atoms with van der Waals surface area (Å²) in [6, 6.07) is 0. The highest BCUT2D eigenvalue weighted by Crippen LogP contribution is 1.95. The van der Waals surface area contributed by atoms with Gasteiger partial charge in [-0.05, 0) is 12.2 Å². The van der Waals surface area contributed by atoms with Crippen molar-refractivity contribution in [3.8, 4) is 0 Å². The fourth-order valence-corrected chi connectivity index (χ4v) is 0.888. The van der Waals surface area contributed by atoms with Gasteiger partial charge in [0, 0.05) is 6.42 Å². The van der Waals surface area contributed by atoms with Crippen LogP contribution in [0, 0.1) is 0 Å². The zero-order chi connectivity index (χ0) is 10.5. The smallest absolute Gasteiger partial charge is 0.303 e. The monoisotopic (exact) mass is 206 g/mol. The molecular weight excluding hydrogens is 184 g/mol. The topological polar surface area (TPSA) is 37.3 Å². The maximum atomic E-state index is 9.72. The molecule has 0 spiro atoms. The molecule has 0 fully saturated rings. The molecule has 80 valence electrons. The summed E-state index contributed by atoms with van der Waals surface area (Å²) in [5, 5.41) is 8.01. The summed E-state index contributed by atoms with van der Waals surface area (Å²) in [5.74, 6) is -0.0826.